The van der Waals surface area contributed by atoms with Crippen LogP contribution in [0.15, 0.2) is 30.3 Å². The van der Waals surface area contributed by atoms with Crippen LogP contribution in [0.25, 0.3) is 11.1 Å². The van der Waals surface area contributed by atoms with Crippen molar-refractivity contribution in [2.24, 2.45) is 0 Å². The van der Waals surface area contributed by atoms with Crippen molar-refractivity contribution < 1.29 is 5.11 Å². The Labute approximate surface area is 140 Å². The number of phenolic OH excluding ortho intramolecular Hbond substituents is 1. The molecule has 0 unspecified atom stereocenters. The van der Waals surface area contributed by atoms with Crippen molar-refractivity contribution in [3.63, 3.8) is 0 Å². The summed E-state index contributed by atoms with van der Waals surface area (Å²) in [4.78, 5) is 0. The van der Waals surface area contributed by atoms with Gasteiger partial charge in [0, 0.05) is 5.56 Å². The zero-order valence-electron chi connectivity index (χ0n) is 14.9. The summed E-state index contributed by atoms with van der Waals surface area (Å²) in [5.74, 6) is 0.455. The molecular weight excluding hydrogens is 280 g/mol. The van der Waals surface area contributed by atoms with Gasteiger partial charge in [0.2, 0.25) is 0 Å². The fourth-order valence-electron chi connectivity index (χ4n) is 3.95. The molecule has 0 amide bonds. The van der Waals surface area contributed by atoms with Gasteiger partial charge in [0.1, 0.15) is 5.75 Å². The first-order valence-electron chi connectivity index (χ1n) is 8.88. The maximum atomic E-state index is 10.7. The topological polar surface area (TPSA) is 20.2 Å². The molecule has 1 N–H and O–H groups in total. The molecule has 2 aromatic rings. The molecule has 0 bridgehead atoms. The van der Waals surface area contributed by atoms with Crippen molar-refractivity contribution in [2.75, 3.05) is 0 Å². The monoisotopic (exact) mass is 308 g/mol. The normalized spacial score (nSPS) is 15.1. The number of hydrogen-bond donors (Lipinski definition) is 1. The molecule has 1 heteroatoms. The average Bonchev–Trinajstić information content (AvgIpc) is 2.46. The molecule has 0 saturated heterocycles. The summed E-state index contributed by atoms with van der Waals surface area (Å²) in [6, 6.07) is 11.0. The molecule has 0 atom stereocenters. The van der Waals surface area contributed by atoms with E-state index in [4.69, 9.17) is 0 Å². The molecule has 1 aliphatic rings. The predicted molar refractivity (Wildman–Crippen MR) is 98.2 cm³/mol. The minimum Gasteiger partial charge on any atom is -0.507 e. The Kier molecular flexibility index (Phi) is 4.23. The molecule has 1 nitrogen and oxygen atoms in total. The van der Waals surface area contributed by atoms with Gasteiger partial charge in [-0.25, -0.2) is 0 Å². The molecule has 0 radical (unpaired) electrons. The van der Waals surface area contributed by atoms with Crippen LogP contribution in [0.2, 0.25) is 0 Å². The van der Waals surface area contributed by atoms with Crippen LogP contribution in [-0.2, 0) is 18.3 Å². The number of aromatic hydroxyl groups is 1. The van der Waals surface area contributed by atoms with Crippen molar-refractivity contribution in [3.8, 4) is 16.9 Å². The lowest BCUT2D eigenvalue weighted by Gasteiger charge is -2.35. The van der Waals surface area contributed by atoms with Gasteiger partial charge in [-0.15, -0.1) is 0 Å². The third kappa shape index (κ3) is 3.02. The molecule has 0 fully saturated rings. The molecule has 0 aliphatic heterocycles. The third-order valence-electron chi connectivity index (χ3n) is 5.13. The van der Waals surface area contributed by atoms with Gasteiger partial charge in [0.25, 0.3) is 0 Å². The smallest absolute Gasteiger partial charge is 0.123 e. The quantitative estimate of drug-likeness (QED) is 0.694. The van der Waals surface area contributed by atoms with Crippen molar-refractivity contribution in [2.45, 2.75) is 65.2 Å². The number of benzene rings is 2. The van der Waals surface area contributed by atoms with Crippen LogP contribution in [0.1, 0.15) is 62.3 Å². The van der Waals surface area contributed by atoms with Crippen LogP contribution in [0, 0.1) is 6.92 Å². The molecular formula is C22H28O. The number of hydrogen-bond acceptors (Lipinski definition) is 1. The molecule has 0 spiro atoms. The van der Waals surface area contributed by atoms with Crippen molar-refractivity contribution in [1.82, 2.24) is 0 Å². The highest BCUT2D eigenvalue weighted by atomic mass is 16.3. The summed E-state index contributed by atoms with van der Waals surface area (Å²) in [5, 5.41) is 10.7. The molecule has 2 aromatic carbocycles. The van der Waals surface area contributed by atoms with Crippen molar-refractivity contribution in [3.05, 3.63) is 52.6 Å². The van der Waals surface area contributed by atoms with E-state index in [1.807, 2.05) is 6.07 Å². The maximum absolute atomic E-state index is 10.7. The van der Waals surface area contributed by atoms with Crippen LogP contribution < -0.4 is 0 Å². The van der Waals surface area contributed by atoms with Gasteiger partial charge in [-0.3, -0.25) is 0 Å². The van der Waals surface area contributed by atoms with E-state index in [1.54, 1.807) is 0 Å². The highest BCUT2D eigenvalue weighted by Crippen LogP contribution is 2.47. The summed E-state index contributed by atoms with van der Waals surface area (Å²) in [5.41, 5.74) is 7.57. The van der Waals surface area contributed by atoms with E-state index in [9.17, 15) is 5.11 Å². The molecule has 3 rings (SSSR count). The second kappa shape index (κ2) is 6.03. The van der Waals surface area contributed by atoms with E-state index >= 15 is 0 Å². The van der Waals surface area contributed by atoms with Crippen LogP contribution in [0.4, 0.5) is 0 Å². The van der Waals surface area contributed by atoms with Gasteiger partial charge < -0.3 is 5.11 Å². The zero-order valence-corrected chi connectivity index (χ0v) is 14.9. The Bertz CT molecular complexity index is 725. The van der Waals surface area contributed by atoms with Crippen LogP contribution >= 0.6 is 0 Å². The van der Waals surface area contributed by atoms with E-state index in [1.165, 1.54) is 47.1 Å². The Hall–Kier alpha value is -1.76. The SMILES string of the molecule is CCCCCc1cc(O)c2c(c1)CC(C)(C)c1ccc(C)cc1-2. The molecule has 0 heterocycles. The van der Waals surface area contributed by atoms with Gasteiger partial charge in [0.15, 0.2) is 0 Å². The van der Waals surface area contributed by atoms with Gasteiger partial charge in [-0.1, -0.05) is 63.4 Å². The first-order chi connectivity index (χ1) is 10.9. The van der Waals surface area contributed by atoms with Gasteiger partial charge in [-0.2, -0.15) is 0 Å². The number of rotatable bonds is 4. The molecule has 122 valence electrons. The molecule has 23 heavy (non-hydrogen) atoms. The lowest BCUT2D eigenvalue weighted by atomic mass is 9.69. The lowest BCUT2D eigenvalue weighted by Crippen LogP contribution is -2.25. The third-order valence-corrected chi connectivity index (χ3v) is 5.13. The van der Waals surface area contributed by atoms with Crippen LogP contribution in [0.3, 0.4) is 0 Å². The number of unbranched alkanes of at least 4 members (excludes halogenated alkanes) is 2. The van der Waals surface area contributed by atoms with Crippen LogP contribution in [-0.4, -0.2) is 5.11 Å². The molecule has 0 aromatic heterocycles. The number of fused-ring (bicyclic) bond motifs is 3. The minimum absolute atomic E-state index is 0.116. The van der Waals surface area contributed by atoms with Gasteiger partial charge in [-0.05, 0) is 59.9 Å². The highest BCUT2D eigenvalue weighted by molar-refractivity contribution is 5.80. The molecule has 0 saturated carbocycles. The van der Waals surface area contributed by atoms with E-state index in [0.717, 1.165) is 18.4 Å². The summed E-state index contributed by atoms with van der Waals surface area (Å²) >= 11 is 0. The van der Waals surface area contributed by atoms with Crippen LogP contribution in [0.5, 0.6) is 5.75 Å². The Balaban J connectivity index is 2.09. The zero-order chi connectivity index (χ0) is 16.6. The van der Waals surface area contributed by atoms with E-state index in [-0.39, 0.29) is 5.41 Å². The van der Waals surface area contributed by atoms with E-state index in [0.29, 0.717) is 5.75 Å². The summed E-state index contributed by atoms with van der Waals surface area (Å²) < 4.78 is 0. The largest absolute Gasteiger partial charge is 0.507 e. The fraction of sp³-hybridized carbons (Fsp3) is 0.455. The summed E-state index contributed by atoms with van der Waals surface area (Å²) in [6.45, 7) is 8.97. The molecule has 1 aliphatic carbocycles. The second-order valence-corrected chi connectivity index (χ2v) is 7.72. The summed E-state index contributed by atoms with van der Waals surface area (Å²) in [7, 11) is 0. The first-order valence-corrected chi connectivity index (χ1v) is 8.88. The number of aryl methyl sites for hydroxylation is 2. The first kappa shape index (κ1) is 16.1. The second-order valence-electron chi connectivity index (χ2n) is 7.72. The van der Waals surface area contributed by atoms with Crippen molar-refractivity contribution in [1.29, 1.82) is 0 Å². The predicted octanol–water partition coefficient (Wildman–Crippen LogP) is 5.93. The van der Waals surface area contributed by atoms with E-state index < -0.39 is 0 Å². The fourth-order valence-corrected chi connectivity index (χ4v) is 3.95. The Morgan fingerprint density at radius 1 is 1.09 bits per heavy atom. The Morgan fingerprint density at radius 3 is 2.61 bits per heavy atom. The van der Waals surface area contributed by atoms with Crippen molar-refractivity contribution >= 4 is 0 Å². The lowest BCUT2D eigenvalue weighted by molar-refractivity contribution is 0.468. The maximum Gasteiger partial charge on any atom is 0.123 e. The number of phenols is 1. The average molecular weight is 308 g/mol. The minimum atomic E-state index is 0.116. The van der Waals surface area contributed by atoms with Gasteiger partial charge in [0.05, 0.1) is 0 Å². The standard InChI is InChI=1S/C22H28O/c1-5-6-7-8-16-12-17-14-22(3,4)19-10-9-15(2)11-18(19)21(17)20(23)13-16/h9-13,23H,5-8,14H2,1-4H3. The summed E-state index contributed by atoms with van der Waals surface area (Å²) in [6.07, 6.45) is 5.75. The van der Waals surface area contributed by atoms with Gasteiger partial charge >= 0.3 is 0 Å². The Morgan fingerprint density at radius 2 is 1.87 bits per heavy atom. The highest BCUT2D eigenvalue weighted by Gasteiger charge is 2.32. The van der Waals surface area contributed by atoms with E-state index in [2.05, 4.69) is 52.0 Å².